The highest BCUT2D eigenvalue weighted by Crippen LogP contribution is 2.42. The van der Waals surface area contributed by atoms with Crippen LogP contribution in [-0.4, -0.2) is 32.2 Å². The molecule has 0 aliphatic carbocycles. The van der Waals surface area contributed by atoms with Gasteiger partial charge in [-0.05, 0) is 49.1 Å². The number of methoxy groups -OCH3 is 2. The van der Waals surface area contributed by atoms with Crippen LogP contribution in [0.15, 0.2) is 12.1 Å². The maximum Gasteiger partial charge on any atom is 0.161 e. The lowest BCUT2D eigenvalue weighted by Crippen LogP contribution is -2.30. The summed E-state index contributed by atoms with van der Waals surface area (Å²) in [6, 6.07) is 4.94. The summed E-state index contributed by atoms with van der Waals surface area (Å²) in [4.78, 5) is 2.59. The zero-order chi connectivity index (χ0) is 11.8. The quantitative estimate of drug-likeness (QED) is 0.783. The Bertz CT molecular complexity index is 430. The normalized spacial score (nSPS) is 23.1. The third kappa shape index (κ3) is 1.69. The molecule has 3 nitrogen and oxygen atoms in total. The summed E-state index contributed by atoms with van der Waals surface area (Å²) in [6.45, 7) is 2.44. The molecule has 0 bridgehead atoms. The van der Waals surface area contributed by atoms with Crippen LogP contribution in [0.25, 0.3) is 0 Å². The van der Waals surface area contributed by atoms with Crippen LogP contribution in [0.3, 0.4) is 0 Å². The topological polar surface area (TPSA) is 21.7 Å². The molecule has 2 aliphatic rings. The second-order valence-electron chi connectivity index (χ2n) is 4.85. The molecule has 0 spiro atoms. The molecule has 3 heteroatoms. The van der Waals surface area contributed by atoms with Crippen LogP contribution in [0.2, 0.25) is 0 Å². The molecule has 1 aromatic carbocycles. The van der Waals surface area contributed by atoms with Gasteiger partial charge in [0.25, 0.3) is 0 Å². The predicted molar refractivity (Wildman–Crippen MR) is 66.8 cm³/mol. The van der Waals surface area contributed by atoms with Crippen LogP contribution < -0.4 is 9.47 Å². The SMILES string of the molecule is COc1cc2c(cc1OC)[C@H]1CCCN1CC2. The maximum atomic E-state index is 5.41. The molecule has 1 aromatic rings. The predicted octanol–water partition coefficient (Wildman–Crippen LogP) is 2.40. The Morgan fingerprint density at radius 3 is 2.65 bits per heavy atom. The molecule has 1 saturated heterocycles. The fraction of sp³-hybridized carbons (Fsp3) is 0.571. The van der Waals surface area contributed by atoms with E-state index in [2.05, 4.69) is 17.0 Å². The molecule has 0 amide bonds. The molecule has 92 valence electrons. The van der Waals surface area contributed by atoms with Crippen molar-refractivity contribution >= 4 is 0 Å². The van der Waals surface area contributed by atoms with E-state index in [0.29, 0.717) is 6.04 Å². The summed E-state index contributed by atoms with van der Waals surface area (Å²) in [5, 5.41) is 0. The van der Waals surface area contributed by atoms with Gasteiger partial charge in [0.1, 0.15) is 0 Å². The maximum absolute atomic E-state index is 5.41. The fourth-order valence-electron chi connectivity index (χ4n) is 3.17. The largest absolute Gasteiger partial charge is 0.493 e. The van der Waals surface area contributed by atoms with Crippen LogP contribution in [-0.2, 0) is 6.42 Å². The van der Waals surface area contributed by atoms with E-state index in [1.165, 1.54) is 37.1 Å². The van der Waals surface area contributed by atoms with Gasteiger partial charge >= 0.3 is 0 Å². The zero-order valence-corrected chi connectivity index (χ0v) is 10.5. The van der Waals surface area contributed by atoms with Gasteiger partial charge in [-0.1, -0.05) is 0 Å². The number of rotatable bonds is 2. The van der Waals surface area contributed by atoms with E-state index in [4.69, 9.17) is 9.47 Å². The van der Waals surface area contributed by atoms with Gasteiger partial charge in [-0.25, -0.2) is 0 Å². The van der Waals surface area contributed by atoms with Crippen molar-refractivity contribution in [3.63, 3.8) is 0 Å². The molecule has 1 fully saturated rings. The first-order valence-corrected chi connectivity index (χ1v) is 6.32. The molecule has 17 heavy (non-hydrogen) atoms. The third-order valence-electron chi connectivity index (χ3n) is 4.04. The van der Waals surface area contributed by atoms with E-state index in [1.54, 1.807) is 14.2 Å². The van der Waals surface area contributed by atoms with Gasteiger partial charge in [-0.3, -0.25) is 4.90 Å². The van der Waals surface area contributed by atoms with E-state index in [-0.39, 0.29) is 0 Å². The lowest BCUT2D eigenvalue weighted by molar-refractivity contribution is 0.242. The molecular weight excluding hydrogens is 214 g/mol. The van der Waals surface area contributed by atoms with Crippen molar-refractivity contribution in [3.8, 4) is 11.5 Å². The van der Waals surface area contributed by atoms with Crippen LogP contribution in [0, 0.1) is 0 Å². The van der Waals surface area contributed by atoms with Crippen LogP contribution in [0.5, 0.6) is 11.5 Å². The standard InChI is InChI=1S/C14H19NO2/c1-16-13-8-10-5-7-15-6-3-4-12(15)11(10)9-14(13)17-2/h8-9,12H,3-7H2,1-2H3/t12-/m1/s1. The highest BCUT2D eigenvalue weighted by molar-refractivity contribution is 5.49. The van der Waals surface area contributed by atoms with Crippen molar-refractivity contribution in [2.45, 2.75) is 25.3 Å². The molecule has 0 N–H and O–H groups in total. The minimum atomic E-state index is 0.610. The van der Waals surface area contributed by atoms with E-state index in [0.717, 1.165) is 17.9 Å². The van der Waals surface area contributed by atoms with Gasteiger partial charge in [0, 0.05) is 12.6 Å². The van der Waals surface area contributed by atoms with Crippen LogP contribution >= 0.6 is 0 Å². The Balaban J connectivity index is 2.06. The Kier molecular flexibility index (Phi) is 2.71. The number of ether oxygens (including phenoxy) is 2. The fourth-order valence-corrected chi connectivity index (χ4v) is 3.17. The first-order chi connectivity index (χ1) is 8.33. The molecule has 0 saturated carbocycles. The van der Waals surface area contributed by atoms with E-state index in [9.17, 15) is 0 Å². The van der Waals surface area contributed by atoms with Gasteiger partial charge in [0.15, 0.2) is 11.5 Å². The first-order valence-electron chi connectivity index (χ1n) is 6.32. The molecular formula is C14H19NO2. The smallest absolute Gasteiger partial charge is 0.161 e. The molecule has 0 unspecified atom stereocenters. The Labute approximate surface area is 102 Å². The van der Waals surface area contributed by atoms with Crippen molar-refractivity contribution < 1.29 is 9.47 Å². The van der Waals surface area contributed by atoms with Crippen molar-refractivity contribution in [2.24, 2.45) is 0 Å². The van der Waals surface area contributed by atoms with E-state index < -0.39 is 0 Å². The number of fused-ring (bicyclic) bond motifs is 3. The lowest BCUT2D eigenvalue weighted by atomic mass is 9.92. The Morgan fingerprint density at radius 1 is 1.12 bits per heavy atom. The van der Waals surface area contributed by atoms with Gasteiger partial charge in [0.05, 0.1) is 14.2 Å². The summed E-state index contributed by atoms with van der Waals surface area (Å²) in [5.74, 6) is 1.72. The van der Waals surface area contributed by atoms with Crippen molar-refractivity contribution in [2.75, 3.05) is 27.3 Å². The second kappa shape index (κ2) is 4.22. The first kappa shape index (κ1) is 10.9. The highest BCUT2D eigenvalue weighted by Gasteiger charge is 2.32. The average Bonchev–Trinajstić information content (AvgIpc) is 2.85. The number of benzene rings is 1. The zero-order valence-electron chi connectivity index (χ0n) is 10.5. The summed E-state index contributed by atoms with van der Waals surface area (Å²) in [7, 11) is 3.41. The lowest BCUT2D eigenvalue weighted by Gasteiger charge is -2.32. The van der Waals surface area contributed by atoms with E-state index in [1.807, 2.05) is 0 Å². The molecule has 0 radical (unpaired) electrons. The summed E-state index contributed by atoms with van der Waals surface area (Å²) in [5.41, 5.74) is 2.89. The molecule has 1 atom stereocenters. The van der Waals surface area contributed by atoms with Gasteiger partial charge in [0.2, 0.25) is 0 Å². The van der Waals surface area contributed by atoms with Crippen molar-refractivity contribution in [1.29, 1.82) is 0 Å². The summed E-state index contributed by atoms with van der Waals surface area (Å²) >= 11 is 0. The summed E-state index contributed by atoms with van der Waals surface area (Å²) < 4.78 is 10.8. The van der Waals surface area contributed by atoms with Crippen LogP contribution in [0.4, 0.5) is 0 Å². The number of hydrogen-bond acceptors (Lipinski definition) is 3. The van der Waals surface area contributed by atoms with Crippen LogP contribution in [0.1, 0.15) is 30.0 Å². The Hall–Kier alpha value is -1.22. The third-order valence-corrected chi connectivity index (χ3v) is 4.04. The highest BCUT2D eigenvalue weighted by atomic mass is 16.5. The second-order valence-corrected chi connectivity index (χ2v) is 4.85. The van der Waals surface area contributed by atoms with Gasteiger partial charge < -0.3 is 9.47 Å². The van der Waals surface area contributed by atoms with Gasteiger partial charge in [-0.2, -0.15) is 0 Å². The van der Waals surface area contributed by atoms with E-state index >= 15 is 0 Å². The number of hydrogen-bond donors (Lipinski definition) is 0. The number of nitrogens with zero attached hydrogens (tertiary/aromatic N) is 1. The average molecular weight is 233 g/mol. The molecule has 2 aliphatic heterocycles. The minimum Gasteiger partial charge on any atom is -0.493 e. The minimum absolute atomic E-state index is 0.610. The van der Waals surface area contributed by atoms with Crippen molar-refractivity contribution in [3.05, 3.63) is 23.3 Å². The molecule has 3 rings (SSSR count). The van der Waals surface area contributed by atoms with Crippen molar-refractivity contribution in [1.82, 2.24) is 4.90 Å². The monoisotopic (exact) mass is 233 g/mol. The molecule has 2 heterocycles. The Morgan fingerprint density at radius 2 is 1.88 bits per heavy atom. The van der Waals surface area contributed by atoms with Gasteiger partial charge in [-0.15, -0.1) is 0 Å². The molecule has 0 aromatic heterocycles. The summed E-state index contributed by atoms with van der Waals surface area (Å²) in [6.07, 6.45) is 3.73.